The second-order valence-corrected chi connectivity index (χ2v) is 6.92. The molecule has 5 heteroatoms. The molecule has 0 N–H and O–H groups in total. The van der Waals surface area contributed by atoms with E-state index in [4.69, 9.17) is 0 Å². The summed E-state index contributed by atoms with van der Waals surface area (Å²) in [6.45, 7) is 5.43. The molecule has 0 unspecified atom stereocenters. The predicted octanol–water partition coefficient (Wildman–Crippen LogP) is 4.00. The van der Waals surface area contributed by atoms with E-state index in [9.17, 15) is 0 Å². The van der Waals surface area contributed by atoms with Crippen LogP contribution in [0.15, 0.2) is 18.5 Å². The van der Waals surface area contributed by atoms with Crippen LogP contribution in [0.4, 0.5) is 5.82 Å². The topological polar surface area (TPSA) is 33.4 Å². The molecule has 0 aromatic carbocycles. The van der Waals surface area contributed by atoms with Crippen molar-refractivity contribution in [1.82, 2.24) is 14.6 Å². The molecule has 2 heterocycles. The van der Waals surface area contributed by atoms with E-state index >= 15 is 0 Å². The van der Waals surface area contributed by atoms with Gasteiger partial charge in [0, 0.05) is 30.3 Å². The number of rotatable bonds is 6. The smallest absolute Gasteiger partial charge is 0.154 e. The van der Waals surface area contributed by atoms with Crippen LogP contribution < -0.4 is 4.90 Å². The van der Waals surface area contributed by atoms with Crippen LogP contribution >= 0.6 is 15.9 Å². The maximum atomic E-state index is 4.69. The lowest BCUT2D eigenvalue weighted by molar-refractivity contribution is 0.384. The first-order valence-corrected chi connectivity index (χ1v) is 8.99. The lowest BCUT2D eigenvalue weighted by atomic mass is 9.91. The van der Waals surface area contributed by atoms with E-state index < -0.39 is 0 Å². The van der Waals surface area contributed by atoms with Crippen LogP contribution in [0.2, 0.25) is 0 Å². The van der Waals surface area contributed by atoms with Gasteiger partial charge in [-0.15, -0.1) is 0 Å². The van der Waals surface area contributed by atoms with E-state index in [1.54, 1.807) is 0 Å². The van der Waals surface area contributed by atoms with Crippen molar-refractivity contribution in [2.24, 2.45) is 0 Å². The molecule has 4 nitrogen and oxygen atoms in total. The van der Waals surface area contributed by atoms with Crippen molar-refractivity contribution >= 4 is 27.3 Å². The van der Waals surface area contributed by atoms with Crippen molar-refractivity contribution in [3.63, 3.8) is 0 Å². The molecule has 0 atom stereocenters. The molecule has 3 rings (SSSR count). The molecule has 0 aliphatic heterocycles. The highest BCUT2D eigenvalue weighted by Gasteiger charge is 2.27. The summed E-state index contributed by atoms with van der Waals surface area (Å²) in [5.74, 6) is 1.54. The number of anilines is 1. The van der Waals surface area contributed by atoms with Crippen LogP contribution in [0.5, 0.6) is 0 Å². The van der Waals surface area contributed by atoms with Crippen LogP contribution in [0.3, 0.4) is 0 Å². The third-order valence-corrected chi connectivity index (χ3v) is 4.86. The minimum Gasteiger partial charge on any atom is -0.352 e. The fourth-order valence-corrected chi connectivity index (χ4v) is 3.07. The SMILES string of the molecule is CC(C)c1cc2c(N(CCCBr)C3CCC3)nccn2n1. The maximum absolute atomic E-state index is 4.69. The van der Waals surface area contributed by atoms with Crippen LogP contribution in [0, 0.1) is 0 Å². The van der Waals surface area contributed by atoms with E-state index in [2.05, 4.69) is 50.8 Å². The molecule has 1 fully saturated rings. The maximum Gasteiger partial charge on any atom is 0.154 e. The Balaban J connectivity index is 1.99. The molecule has 0 bridgehead atoms. The van der Waals surface area contributed by atoms with E-state index in [0.717, 1.165) is 35.3 Å². The number of alkyl halides is 1. The summed E-state index contributed by atoms with van der Waals surface area (Å²) in [5, 5.41) is 5.72. The number of hydrogen-bond acceptors (Lipinski definition) is 3. The second-order valence-electron chi connectivity index (χ2n) is 6.13. The zero-order chi connectivity index (χ0) is 14.8. The summed E-state index contributed by atoms with van der Waals surface area (Å²) in [7, 11) is 0. The zero-order valence-corrected chi connectivity index (χ0v) is 14.4. The highest BCUT2D eigenvalue weighted by molar-refractivity contribution is 9.09. The molecule has 1 aliphatic carbocycles. The predicted molar refractivity (Wildman–Crippen MR) is 90.5 cm³/mol. The van der Waals surface area contributed by atoms with Gasteiger partial charge in [-0.25, -0.2) is 9.50 Å². The molecule has 1 saturated carbocycles. The van der Waals surface area contributed by atoms with Gasteiger partial charge in [0.25, 0.3) is 0 Å². The number of hydrogen-bond donors (Lipinski definition) is 0. The van der Waals surface area contributed by atoms with Gasteiger partial charge in [-0.3, -0.25) is 0 Å². The molecule has 21 heavy (non-hydrogen) atoms. The van der Waals surface area contributed by atoms with Gasteiger partial charge in [-0.05, 0) is 37.7 Å². The van der Waals surface area contributed by atoms with Gasteiger partial charge in [0.15, 0.2) is 5.82 Å². The van der Waals surface area contributed by atoms with E-state index in [0.29, 0.717) is 12.0 Å². The second kappa shape index (κ2) is 6.34. The third kappa shape index (κ3) is 2.93. The average Bonchev–Trinajstić information content (AvgIpc) is 2.85. The summed E-state index contributed by atoms with van der Waals surface area (Å²) in [6.07, 6.45) is 8.89. The van der Waals surface area contributed by atoms with Crippen LogP contribution in [0.25, 0.3) is 5.52 Å². The Bertz CT molecular complexity index is 603. The molecular weight excluding hydrogens is 328 g/mol. The van der Waals surface area contributed by atoms with Crippen molar-refractivity contribution in [2.45, 2.75) is 51.5 Å². The molecule has 0 saturated heterocycles. The van der Waals surface area contributed by atoms with Gasteiger partial charge in [-0.1, -0.05) is 29.8 Å². The first-order chi connectivity index (χ1) is 10.2. The number of halogens is 1. The van der Waals surface area contributed by atoms with E-state index in [-0.39, 0.29) is 0 Å². The zero-order valence-electron chi connectivity index (χ0n) is 12.8. The highest BCUT2D eigenvalue weighted by atomic mass is 79.9. The molecule has 0 amide bonds. The summed E-state index contributed by atoms with van der Waals surface area (Å²) in [4.78, 5) is 7.18. The van der Waals surface area contributed by atoms with Crippen molar-refractivity contribution in [3.05, 3.63) is 24.2 Å². The van der Waals surface area contributed by atoms with Crippen LogP contribution in [-0.2, 0) is 0 Å². The number of nitrogens with zero attached hydrogens (tertiary/aromatic N) is 4. The normalized spacial score (nSPS) is 15.6. The Morgan fingerprint density at radius 2 is 2.24 bits per heavy atom. The summed E-state index contributed by atoms with van der Waals surface area (Å²) < 4.78 is 1.98. The molecule has 2 aromatic rings. The van der Waals surface area contributed by atoms with Gasteiger partial charge in [-0.2, -0.15) is 5.10 Å². The largest absolute Gasteiger partial charge is 0.352 e. The minimum absolute atomic E-state index is 0.442. The summed E-state index contributed by atoms with van der Waals surface area (Å²) in [5.41, 5.74) is 2.28. The number of aromatic nitrogens is 3. The Labute approximate surface area is 134 Å². The molecule has 1 aliphatic rings. The lowest BCUT2D eigenvalue weighted by Gasteiger charge is -2.38. The monoisotopic (exact) mass is 350 g/mol. The Kier molecular flexibility index (Phi) is 4.48. The fraction of sp³-hybridized carbons (Fsp3) is 0.625. The Morgan fingerprint density at radius 3 is 2.86 bits per heavy atom. The van der Waals surface area contributed by atoms with Crippen LogP contribution in [-0.4, -0.2) is 32.5 Å². The lowest BCUT2D eigenvalue weighted by Crippen LogP contribution is -2.41. The molecule has 2 aromatic heterocycles. The first-order valence-electron chi connectivity index (χ1n) is 7.87. The van der Waals surface area contributed by atoms with Crippen molar-refractivity contribution in [2.75, 3.05) is 16.8 Å². The average molecular weight is 351 g/mol. The Morgan fingerprint density at radius 1 is 1.43 bits per heavy atom. The summed E-state index contributed by atoms with van der Waals surface area (Å²) >= 11 is 3.55. The van der Waals surface area contributed by atoms with Crippen molar-refractivity contribution < 1.29 is 0 Å². The van der Waals surface area contributed by atoms with Gasteiger partial charge >= 0.3 is 0 Å². The van der Waals surface area contributed by atoms with Gasteiger partial charge < -0.3 is 4.90 Å². The Hall–Kier alpha value is -1.10. The summed E-state index contributed by atoms with van der Waals surface area (Å²) in [6, 6.07) is 2.85. The molecule has 0 spiro atoms. The molecular formula is C16H23BrN4. The molecule has 0 radical (unpaired) electrons. The van der Waals surface area contributed by atoms with E-state index in [1.165, 1.54) is 19.3 Å². The van der Waals surface area contributed by atoms with Gasteiger partial charge in [0.1, 0.15) is 5.52 Å². The standard InChI is InChI=1S/C16H23BrN4/c1-12(2)14-11-15-16(18-8-10-21(15)19-14)20(9-4-7-17)13-5-3-6-13/h8,10-13H,3-7,9H2,1-2H3. The molecule has 114 valence electrons. The quantitative estimate of drug-likeness (QED) is 0.738. The number of fused-ring (bicyclic) bond motifs is 1. The van der Waals surface area contributed by atoms with Crippen LogP contribution in [0.1, 0.15) is 51.1 Å². The minimum atomic E-state index is 0.442. The van der Waals surface area contributed by atoms with Crippen molar-refractivity contribution in [3.8, 4) is 0 Å². The van der Waals surface area contributed by atoms with Gasteiger partial charge in [0.05, 0.1) is 5.69 Å². The highest BCUT2D eigenvalue weighted by Crippen LogP contribution is 2.31. The van der Waals surface area contributed by atoms with Crippen molar-refractivity contribution in [1.29, 1.82) is 0 Å². The first kappa shape index (κ1) is 14.8. The third-order valence-electron chi connectivity index (χ3n) is 4.30. The van der Waals surface area contributed by atoms with Gasteiger partial charge in [0.2, 0.25) is 0 Å². The van der Waals surface area contributed by atoms with E-state index in [1.807, 2.05) is 16.9 Å². The fourth-order valence-electron chi connectivity index (χ4n) is 2.82.